The van der Waals surface area contributed by atoms with E-state index >= 15 is 0 Å². The Hall–Kier alpha value is -2.70. The molecule has 1 aromatic heterocycles. The van der Waals surface area contributed by atoms with Crippen molar-refractivity contribution in [2.45, 2.75) is 46.9 Å². The quantitative estimate of drug-likeness (QED) is 0.320. The lowest BCUT2D eigenvalue weighted by Crippen LogP contribution is -2.57. The highest BCUT2D eigenvalue weighted by molar-refractivity contribution is 9.09. The number of aliphatic hydroxyl groups is 1. The van der Waals surface area contributed by atoms with Crippen LogP contribution in [0.1, 0.15) is 13.3 Å². The number of para-hydroxylation sites is 1. The van der Waals surface area contributed by atoms with E-state index in [0.717, 1.165) is 5.52 Å². The number of likely N-dealkylation sites (tertiary alicyclic amines) is 1. The van der Waals surface area contributed by atoms with Crippen LogP contribution in [0.5, 0.6) is 0 Å². The Morgan fingerprint density at radius 3 is 2.69 bits per heavy atom. The maximum absolute atomic E-state index is 14.5. The number of hydrogen-bond donors (Lipinski definition) is 1. The maximum atomic E-state index is 14.5. The van der Waals surface area contributed by atoms with Crippen LogP contribution >= 0.6 is 27.7 Å². The molecule has 7 atom stereocenters. The van der Waals surface area contributed by atoms with E-state index < -0.39 is 28.7 Å². The summed E-state index contributed by atoms with van der Waals surface area (Å²) >= 11 is 5.36. The molecule has 12 heteroatoms. The number of rotatable bonds is 10. The van der Waals surface area contributed by atoms with Gasteiger partial charge >= 0.3 is 0 Å². The molecule has 39 heavy (non-hydrogen) atoms. The average molecular weight is 618 g/mol. The summed E-state index contributed by atoms with van der Waals surface area (Å²) in [5, 5.41) is 18.5. The van der Waals surface area contributed by atoms with Crippen molar-refractivity contribution in [1.82, 2.24) is 29.7 Å². The van der Waals surface area contributed by atoms with Gasteiger partial charge < -0.3 is 19.8 Å². The second kappa shape index (κ2) is 10.7. The first-order valence-electron chi connectivity index (χ1n) is 13.0. The van der Waals surface area contributed by atoms with Crippen LogP contribution in [0.15, 0.2) is 49.6 Å². The van der Waals surface area contributed by atoms with Crippen molar-refractivity contribution in [2.75, 3.05) is 26.7 Å². The molecule has 1 N–H and O–H groups in total. The zero-order valence-electron chi connectivity index (χ0n) is 22.0. The fourth-order valence-corrected chi connectivity index (χ4v) is 10.0. The molecule has 3 unspecified atom stereocenters. The van der Waals surface area contributed by atoms with Crippen LogP contribution in [0.4, 0.5) is 0 Å². The molecular formula is C27H33BrN6O4S. The van der Waals surface area contributed by atoms with Gasteiger partial charge in [0, 0.05) is 30.2 Å². The van der Waals surface area contributed by atoms with Crippen molar-refractivity contribution in [3.8, 4) is 0 Å². The summed E-state index contributed by atoms with van der Waals surface area (Å²) in [6.07, 6.45) is 3.86. The first-order valence-corrected chi connectivity index (χ1v) is 14.8. The normalized spacial score (nSPS) is 29.9. The van der Waals surface area contributed by atoms with E-state index in [4.69, 9.17) is 0 Å². The second-order valence-electron chi connectivity index (χ2n) is 10.5. The number of thioether (sulfide) groups is 1. The lowest BCUT2D eigenvalue weighted by molar-refractivity contribution is -0.147. The zero-order chi connectivity index (χ0) is 28.1. The molecule has 2 bridgehead atoms. The van der Waals surface area contributed by atoms with Crippen LogP contribution in [0, 0.1) is 11.8 Å². The van der Waals surface area contributed by atoms with Crippen molar-refractivity contribution in [3.63, 3.8) is 0 Å². The summed E-state index contributed by atoms with van der Waals surface area (Å²) in [5.41, 5.74) is 1.50. The topological polar surface area (TPSA) is 112 Å². The van der Waals surface area contributed by atoms with Gasteiger partial charge in [-0.15, -0.1) is 30.0 Å². The number of halogens is 1. The molecule has 208 valence electrons. The Labute approximate surface area is 240 Å². The van der Waals surface area contributed by atoms with Gasteiger partial charge in [-0.3, -0.25) is 14.4 Å². The Bertz CT molecular complexity index is 1320. The molecule has 3 fully saturated rings. The summed E-state index contributed by atoms with van der Waals surface area (Å²) in [4.78, 5) is 47.0. The Morgan fingerprint density at radius 2 is 2.00 bits per heavy atom. The third kappa shape index (κ3) is 4.31. The third-order valence-corrected chi connectivity index (χ3v) is 11.4. The number of carbonyl (C=O) groups excluding carboxylic acids is 3. The van der Waals surface area contributed by atoms with Gasteiger partial charge in [0.05, 0.1) is 34.7 Å². The summed E-state index contributed by atoms with van der Waals surface area (Å²) in [6, 6.07) is 6.05. The fraction of sp³-hybridized carbons (Fsp3) is 0.519. The molecular weight excluding hydrogens is 584 g/mol. The van der Waals surface area contributed by atoms with E-state index in [9.17, 15) is 19.5 Å². The van der Waals surface area contributed by atoms with Crippen molar-refractivity contribution in [3.05, 3.63) is 49.6 Å². The van der Waals surface area contributed by atoms with Crippen LogP contribution < -0.4 is 0 Å². The number of benzene rings is 1. The maximum Gasteiger partial charge on any atom is 0.248 e. The highest BCUT2D eigenvalue weighted by Gasteiger charge is 2.76. The molecule has 0 radical (unpaired) electrons. The first-order chi connectivity index (χ1) is 18.7. The highest BCUT2D eigenvalue weighted by Crippen LogP contribution is 2.68. The van der Waals surface area contributed by atoms with Crippen LogP contribution in [0.3, 0.4) is 0 Å². The van der Waals surface area contributed by atoms with E-state index in [2.05, 4.69) is 39.4 Å². The molecule has 3 amide bonds. The lowest BCUT2D eigenvalue weighted by Gasteiger charge is -2.39. The number of alkyl halides is 1. The number of hydrogen-bond acceptors (Lipinski definition) is 7. The molecule has 3 saturated heterocycles. The third-order valence-electron chi connectivity index (χ3n) is 8.15. The minimum atomic E-state index is -0.857. The first kappa shape index (κ1) is 27.9. The van der Waals surface area contributed by atoms with E-state index in [1.807, 2.05) is 24.3 Å². The van der Waals surface area contributed by atoms with Gasteiger partial charge in [-0.05, 0) is 25.5 Å². The molecule has 10 nitrogen and oxygen atoms in total. The number of fused-ring (bicyclic) bond motifs is 2. The van der Waals surface area contributed by atoms with E-state index in [-0.39, 0.29) is 47.6 Å². The fourth-order valence-electron chi connectivity index (χ4n) is 6.46. The number of likely N-dealkylation sites (N-methyl/N-ethyl adjacent to an activating group) is 1. The minimum Gasteiger partial charge on any atom is -0.394 e. The molecule has 2 aromatic rings. The molecule has 0 aliphatic carbocycles. The smallest absolute Gasteiger partial charge is 0.248 e. The molecule has 0 saturated carbocycles. The SMILES string of the molecule is C=CCN(C)C(=O)[C@H]1[C@@H]2SC3(CC2Br)C(C(=O)N(CC=C)Cn2nnc4ccccc42)N([C@H](C)CO)C(=O)[C@H]13. The summed E-state index contributed by atoms with van der Waals surface area (Å²) < 4.78 is 0.848. The Morgan fingerprint density at radius 1 is 1.28 bits per heavy atom. The highest BCUT2D eigenvalue weighted by atomic mass is 79.9. The average Bonchev–Trinajstić information content (AvgIpc) is 3.64. The summed E-state index contributed by atoms with van der Waals surface area (Å²) in [6.45, 7) is 9.75. The molecule has 3 aliphatic rings. The van der Waals surface area contributed by atoms with Gasteiger partial charge in [-0.1, -0.05) is 45.4 Å². The van der Waals surface area contributed by atoms with Gasteiger partial charge in [0.1, 0.15) is 18.2 Å². The van der Waals surface area contributed by atoms with Gasteiger partial charge in [-0.2, -0.15) is 0 Å². The standard InChI is InChI=1S/C27H33BrN6O4S/c1-5-11-31(4)24(36)20-21-25(37)34(16(3)14-35)23(27(21)13-17(28)22(20)39-27)26(38)32(12-6-2)15-33-19-10-8-7-9-18(19)29-30-33/h5-10,16-17,20-23,35H,1-2,11-15H2,3-4H3/t16-,17?,20-,21+,22-,23?,27?/m1/s1. The van der Waals surface area contributed by atoms with Crippen LogP contribution in [-0.2, 0) is 21.1 Å². The van der Waals surface area contributed by atoms with Gasteiger partial charge in [0.25, 0.3) is 0 Å². The van der Waals surface area contributed by atoms with E-state index in [0.29, 0.717) is 18.5 Å². The zero-order valence-corrected chi connectivity index (χ0v) is 24.4. The minimum absolute atomic E-state index is 0.0376. The van der Waals surface area contributed by atoms with Crippen molar-refractivity contribution >= 4 is 56.4 Å². The second-order valence-corrected chi connectivity index (χ2v) is 13.2. The number of carbonyl (C=O) groups is 3. The molecule has 1 aromatic carbocycles. The number of amides is 3. The van der Waals surface area contributed by atoms with Gasteiger partial charge in [0.2, 0.25) is 17.7 Å². The summed E-state index contributed by atoms with van der Waals surface area (Å²) in [5.74, 6) is -1.88. The van der Waals surface area contributed by atoms with E-state index in [1.54, 1.807) is 52.4 Å². The van der Waals surface area contributed by atoms with Crippen molar-refractivity contribution in [2.24, 2.45) is 11.8 Å². The van der Waals surface area contributed by atoms with Crippen LogP contribution in [0.25, 0.3) is 11.0 Å². The molecule has 3 aliphatic heterocycles. The number of aromatic nitrogens is 3. The lowest BCUT2D eigenvalue weighted by atomic mass is 9.70. The monoisotopic (exact) mass is 616 g/mol. The van der Waals surface area contributed by atoms with Crippen LogP contribution in [-0.4, -0.2) is 106 Å². The van der Waals surface area contributed by atoms with Gasteiger partial charge in [0.15, 0.2) is 0 Å². The van der Waals surface area contributed by atoms with Crippen molar-refractivity contribution < 1.29 is 19.5 Å². The predicted octanol–water partition coefficient (Wildman–Crippen LogP) is 1.89. The molecule has 1 spiro atoms. The molecule has 5 rings (SSSR count). The van der Waals surface area contributed by atoms with Crippen LogP contribution in [0.2, 0.25) is 0 Å². The largest absolute Gasteiger partial charge is 0.394 e. The molecule has 4 heterocycles. The van der Waals surface area contributed by atoms with Gasteiger partial charge in [-0.25, -0.2) is 4.68 Å². The Balaban J connectivity index is 1.55. The number of nitrogens with zero attached hydrogens (tertiary/aromatic N) is 6. The number of aliphatic hydroxyl groups excluding tert-OH is 1. The van der Waals surface area contributed by atoms with Crippen molar-refractivity contribution in [1.29, 1.82) is 0 Å². The summed E-state index contributed by atoms with van der Waals surface area (Å²) in [7, 11) is 1.71. The predicted molar refractivity (Wildman–Crippen MR) is 153 cm³/mol. The Kier molecular flexibility index (Phi) is 7.64. The van der Waals surface area contributed by atoms with E-state index in [1.165, 1.54) is 4.90 Å².